The molecule has 0 saturated heterocycles. The average molecular weight is 346 g/mol. The summed E-state index contributed by atoms with van der Waals surface area (Å²) in [5, 5.41) is 12.1. The van der Waals surface area contributed by atoms with Crippen LogP contribution in [0, 0.1) is 11.3 Å². The Morgan fingerprint density at radius 3 is 2.76 bits per heavy atom. The summed E-state index contributed by atoms with van der Waals surface area (Å²) in [4.78, 5) is 0. The average Bonchev–Trinajstić information content (AvgIpc) is 2.46. The molecule has 108 valence electrons. The van der Waals surface area contributed by atoms with Gasteiger partial charge in [0.15, 0.2) is 0 Å². The van der Waals surface area contributed by atoms with E-state index in [0.29, 0.717) is 17.9 Å². The van der Waals surface area contributed by atoms with Gasteiger partial charge in [0.2, 0.25) is 0 Å². The third-order valence-electron chi connectivity index (χ3n) is 2.78. The van der Waals surface area contributed by atoms with E-state index in [1.807, 2.05) is 18.2 Å². The molecule has 5 heteroatoms. The second-order valence-corrected chi connectivity index (χ2v) is 5.42. The number of nitriles is 1. The summed E-state index contributed by atoms with van der Waals surface area (Å²) in [6.07, 6.45) is 0.943. The van der Waals surface area contributed by atoms with Crippen LogP contribution in [0.5, 0.6) is 5.75 Å². The van der Waals surface area contributed by atoms with Gasteiger partial charge in [0.05, 0.1) is 23.9 Å². The number of anilines is 3. The number of nitrogens with one attached hydrogen (secondary N) is 1. The molecule has 0 atom stereocenters. The largest absolute Gasteiger partial charge is 0.493 e. The van der Waals surface area contributed by atoms with Crippen LogP contribution in [0.25, 0.3) is 0 Å². The van der Waals surface area contributed by atoms with Gasteiger partial charge in [-0.05, 0) is 46.6 Å². The molecule has 0 bridgehead atoms. The number of halogens is 1. The molecule has 0 spiro atoms. The zero-order chi connectivity index (χ0) is 15.2. The Labute approximate surface area is 132 Å². The van der Waals surface area contributed by atoms with E-state index < -0.39 is 0 Å². The van der Waals surface area contributed by atoms with E-state index >= 15 is 0 Å². The van der Waals surface area contributed by atoms with Crippen molar-refractivity contribution < 1.29 is 4.74 Å². The minimum absolute atomic E-state index is 0.604. The lowest BCUT2D eigenvalue weighted by Crippen LogP contribution is -1.98. The summed E-state index contributed by atoms with van der Waals surface area (Å²) in [6.45, 7) is 2.71. The maximum atomic E-state index is 8.87. The van der Waals surface area contributed by atoms with Gasteiger partial charge in [0.25, 0.3) is 0 Å². The van der Waals surface area contributed by atoms with Gasteiger partial charge in [-0.3, -0.25) is 0 Å². The maximum absolute atomic E-state index is 8.87. The van der Waals surface area contributed by atoms with Gasteiger partial charge in [-0.1, -0.05) is 6.92 Å². The van der Waals surface area contributed by atoms with Crippen LogP contribution in [0.1, 0.15) is 18.9 Å². The molecule has 0 unspecified atom stereocenters. The molecule has 0 heterocycles. The Morgan fingerprint density at radius 2 is 2.10 bits per heavy atom. The van der Waals surface area contributed by atoms with E-state index in [4.69, 9.17) is 15.7 Å². The zero-order valence-corrected chi connectivity index (χ0v) is 13.3. The summed E-state index contributed by atoms with van der Waals surface area (Å²) in [5.41, 5.74) is 8.83. The smallest absolute Gasteiger partial charge is 0.123 e. The minimum Gasteiger partial charge on any atom is -0.493 e. The van der Waals surface area contributed by atoms with Gasteiger partial charge in [0.1, 0.15) is 5.75 Å². The van der Waals surface area contributed by atoms with Crippen LogP contribution >= 0.6 is 15.9 Å². The van der Waals surface area contributed by atoms with Gasteiger partial charge >= 0.3 is 0 Å². The lowest BCUT2D eigenvalue weighted by molar-refractivity contribution is 0.318. The molecule has 0 aliphatic heterocycles. The molecule has 4 nitrogen and oxygen atoms in total. The fraction of sp³-hybridized carbons (Fsp3) is 0.188. The fourth-order valence-corrected chi connectivity index (χ4v) is 2.32. The van der Waals surface area contributed by atoms with E-state index in [0.717, 1.165) is 28.0 Å². The number of hydrogen-bond acceptors (Lipinski definition) is 4. The van der Waals surface area contributed by atoms with E-state index in [9.17, 15) is 0 Å². The molecule has 0 aliphatic carbocycles. The molecule has 0 fully saturated rings. The zero-order valence-electron chi connectivity index (χ0n) is 11.7. The number of nitrogen functional groups attached to an aromatic ring is 1. The van der Waals surface area contributed by atoms with Crippen LogP contribution in [0.4, 0.5) is 17.1 Å². The number of nitrogens with two attached hydrogens (primary N) is 1. The summed E-state index contributed by atoms with van der Waals surface area (Å²) >= 11 is 3.45. The second-order valence-electron chi connectivity index (χ2n) is 4.57. The molecule has 0 radical (unpaired) electrons. The van der Waals surface area contributed by atoms with Crippen molar-refractivity contribution in [2.75, 3.05) is 17.7 Å². The highest BCUT2D eigenvalue weighted by Crippen LogP contribution is 2.30. The van der Waals surface area contributed by atoms with Crippen molar-refractivity contribution >= 4 is 33.0 Å². The van der Waals surface area contributed by atoms with E-state index in [1.54, 1.807) is 18.2 Å². The highest BCUT2D eigenvalue weighted by atomic mass is 79.9. The number of nitrogens with zero attached hydrogens (tertiary/aromatic N) is 1. The van der Waals surface area contributed by atoms with E-state index in [1.165, 1.54) is 0 Å². The monoisotopic (exact) mass is 345 g/mol. The summed E-state index contributed by atoms with van der Waals surface area (Å²) in [5.74, 6) is 0.740. The first-order valence-electron chi connectivity index (χ1n) is 6.62. The standard InChI is InChI=1S/C16H16BrN3O/c1-2-5-21-14-8-12(19)7-13(9-14)20-16-4-3-11(10-18)6-15(16)17/h3-4,6-9,20H,2,5,19H2,1H3. The highest BCUT2D eigenvalue weighted by molar-refractivity contribution is 9.10. The normalized spacial score (nSPS) is 9.95. The van der Waals surface area contributed by atoms with Crippen molar-refractivity contribution in [3.63, 3.8) is 0 Å². The van der Waals surface area contributed by atoms with Crippen LogP contribution in [0.2, 0.25) is 0 Å². The number of benzene rings is 2. The van der Waals surface area contributed by atoms with Crippen LogP contribution in [0.3, 0.4) is 0 Å². The summed E-state index contributed by atoms with van der Waals surface area (Å²) in [7, 11) is 0. The Bertz CT molecular complexity index is 680. The van der Waals surface area contributed by atoms with Gasteiger partial charge in [-0.25, -0.2) is 0 Å². The van der Waals surface area contributed by atoms with Gasteiger partial charge < -0.3 is 15.8 Å². The minimum atomic E-state index is 0.604. The van der Waals surface area contributed by atoms with E-state index in [-0.39, 0.29) is 0 Å². The number of ether oxygens (including phenoxy) is 1. The van der Waals surface area contributed by atoms with Crippen molar-refractivity contribution in [2.45, 2.75) is 13.3 Å². The number of rotatable bonds is 5. The third kappa shape index (κ3) is 4.14. The van der Waals surface area contributed by atoms with Crippen LogP contribution in [0.15, 0.2) is 40.9 Å². The topological polar surface area (TPSA) is 71.1 Å². The van der Waals surface area contributed by atoms with Crippen molar-refractivity contribution in [1.29, 1.82) is 5.26 Å². The lowest BCUT2D eigenvalue weighted by atomic mass is 10.2. The first-order valence-corrected chi connectivity index (χ1v) is 7.41. The van der Waals surface area contributed by atoms with Gasteiger partial charge in [0, 0.05) is 28.0 Å². The molecule has 0 saturated carbocycles. The lowest BCUT2D eigenvalue weighted by Gasteiger charge is -2.12. The molecule has 2 aromatic rings. The van der Waals surface area contributed by atoms with Crippen LogP contribution in [-0.2, 0) is 0 Å². The molecule has 21 heavy (non-hydrogen) atoms. The molecule has 2 rings (SSSR count). The molecule has 2 aromatic carbocycles. The molecule has 0 amide bonds. The Morgan fingerprint density at radius 1 is 1.29 bits per heavy atom. The first-order chi connectivity index (χ1) is 10.1. The van der Waals surface area contributed by atoms with Crippen molar-refractivity contribution in [2.24, 2.45) is 0 Å². The van der Waals surface area contributed by atoms with Crippen molar-refractivity contribution in [1.82, 2.24) is 0 Å². The highest BCUT2D eigenvalue weighted by Gasteiger charge is 2.04. The summed E-state index contributed by atoms with van der Waals surface area (Å²) < 4.78 is 6.43. The first kappa shape index (κ1) is 15.2. The van der Waals surface area contributed by atoms with Crippen molar-refractivity contribution in [3.8, 4) is 11.8 Å². The van der Waals surface area contributed by atoms with E-state index in [2.05, 4.69) is 34.2 Å². The molecule has 3 N–H and O–H groups in total. The van der Waals surface area contributed by atoms with Gasteiger partial charge in [-0.15, -0.1) is 0 Å². The number of hydrogen-bond donors (Lipinski definition) is 2. The Kier molecular flexibility index (Phi) is 5.07. The van der Waals surface area contributed by atoms with Crippen LogP contribution < -0.4 is 15.8 Å². The molecule has 0 aliphatic rings. The molecular formula is C16H16BrN3O. The Balaban J connectivity index is 2.23. The predicted molar refractivity (Wildman–Crippen MR) is 88.8 cm³/mol. The fourth-order valence-electron chi connectivity index (χ4n) is 1.84. The Hall–Kier alpha value is -2.19. The van der Waals surface area contributed by atoms with Crippen LogP contribution in [-0.4, -0.2) is 6.61 Å². The maximum Gasteiger partial charge on any atom is 0.123 e. The summed E-state index contributed by atoms with van der Waals surface area (Å²) in [6, 6.07) is 13.0. The third-order valence-corrected chi connectivity index (χ3v) is 3.43. The predicted octanol–water partition coefficient (Wildman–Crippen LogP) is 4.44. The SMILES string of the molecule is CCCOc1cc(N)cc(Nc2ccc(C#N)cc2Br)c1. The van der Waals surface area contributed by atoms with Crippen molar-refractivity contribution in [3.05, 3.63) is 46.4 Å². The van der Waals surface area contributed by atoms with Gasteiger partial charge in [-0.2, -0.15) is 5.26 Å². The molecular weight excluding hydrogens is 330 g/mol. The quantitative estimate of drug-likeness (QED) is 0.786. The molecule has 0 aromatic heterocycles. The second kappa shape index (κ2) is 7.00.